The molecular formula is C21H26O6S. The van der Waals surface area contributed by atoms with Gasteiger partial charge in [0.25, 0.3) is 0 Å². The van der Waals surface area contributed by atoms with Gasteiger partial charge >= 0.3 is 5.97 Å². The Bertz CT molecular complexity index is 874. The number of hydrogen-bond acceptors (Lipinski definition) is 6. The maximum atomic E-state index is 11.8. The highest BCUT2D eigenvalue weighted by atomic mass is 32.2. The van der Waals surface area contributed by atoms with Gasteiger partial charge in [0.05, 0.1) is 24.0 Å². The van der Waals surface area contributed by atoms with Crippen LogP contribution in [0.3, 0.4) is 0 Å². The summed E-state index contributed by atoms with van der Waals surface area (Å²) in [4.78, 5) is 12.0. The quantitative estimate of drug-likeness (QED) is 0.560. The van der Waals surface area contributed by atoms with Crippen LogP contribution in [-0.2, 0) is 30.7 Å². The second-order valence-corrected chi connectivity index (χ2v) is 8.25. The van der Waals surface area contributed by atoms with E-state index in [1.807, 2.05) is 25.1 Å². The number of benzene rings is 2. The van der Waals surface area contributed by atoms with Crippen molar-refractivity contribution in [3.8, 4) is 5.75 Å². The maximum Gasteiger partial charge on any atom is 0.308 e. The molecule has 6 nitrogen and oxygen atoms in total. The largest absolute Gasteiger partial charge is 0.489 e. The zero-order valence-corrected chi connectivity index (χ0v) is 17.2. The Balaban J connectivity index is 2.02. The number of hydrogen-bond donors (Lipinski definition) is 0. The molecule has 0 saturated heterocycles. The molecule has 0 aliphatic rings. The monoisotopic (exact) mass is 406 g/mol. The van der Waals surface area contributed by atoms with Crippen LogP contribution in [0.4, 0.5) is 0 Å². The summed E-state index contributed by atoms with van der Waals surface area (Å²) in [6, 6.07) is 14.0. The summed E-state index contributed by atoms with van der Waals surface area (Å²) in [7, 11) is -3.25. The summed E-state index contributed by atoms with van der Waals surface area (Å²) in [6.07, 6.45) is 0.960. The number of carbonyl (C=O) groups is 1. The van der Waals surface area contributed by atoms with E-state index in [1.54, 1.807) is 37.3 Å². The lowest BCUT2D eigenvalue weighted by Crippen LogP contribution is -2.13. The minimum atomic E-state index is -3.25. The van der Waals surface area contributed by atoms with Crippen molar-refractivity contribution in [2.75, 3.05) is 19.5 Å². The number of ether oxygens (including phenoxy) is 3. The molecule has 152 valence electrons. The number of esters is 1. The fourth-order valence-electron chi connectivity index (χ4n) is 2.66. The molecule has 0 amide bonds. The van der Waals surface area contributed by atoms with Crippen LogP contribution in [0, 0.1) is 0 Å². The second-order valence-electron chi connectivity index (χ2n) is 6.23. The van der Waals surface area contributed by atoms with Gasteiger partial charge < -0.3 is 14.2 Å². The Labute approximate surface area is 166 Å². The van der Waals surface area contributed by atoms with E-state index >= 15 is 0 Å². The predicted molar refractivity (Wildman–Crippen MR) is 106 cm³/mol. The number of rotatable bonds is 10. The third-order valence-corrected chi connectivity index (χ3v) is 5.12. The predicted octanol–water partition coefficient (Wildman–Crippen LogP) is 3.70. The van der Waals surface area contributed by atoms with Gasteiger partial charge in [0.15, 0.2) is 9.84 Å². The fraction of sp³-hybridized carbons (Fsp3) is 0.381. The highest BCUT2D eigenvalue weighted by molar-refractivity contribution is 7.90. The van der Waals surface area contributed by atoms with Crippen LogP contribution in [-0.4, -0.2) is 33.9 Å². The Morgan fingerprint density at radius 2 is 1.75 bits per heavy atom. The lowest BCUT2D eigenvalue weighted by molar-refractivity contribution is -0.146. The van der Waals surface area contributed by atoms with Gasteiger partial charge in [-0.2, -0.15) is 0 Å². The van der Waals surface area contributed by atoms with Gasteiger partial charge in [-0.15, -0.1) is 0 Å². The highest BCUT2D eigenvalue weighted by Crippen LogP contribution is 2.25. The van der Waals surface area contributed by atoms with E-state index in [0.29, 0.717) is 19.0 Å². The van der Waals surface area contributed by atoms with Crippen molar-refractivity contribution >= 4 is 15.8 Å². The summed E-state index contributed by atoms with van der Waals surface area (Å²) in [5.74, 6) is 0.340. The summed E-state index contributed by atoms with van der Waals surface area (Å²) >= 11 is 0. The Kier molecular flexibility index (Phi) is 8.02. The first-order valence-corrected chi connectivity index (χ1v) is 11.0. The lowest BCUT2D eigenvalue weighted by Gasteiger charge is -2.17. The minimum absolute atomic E-state index is 0.153. The molecule has 0 aromatic heterocycles. The molecule has 0 fully saturated rings. The molecule has 2 aromatic rings. The van der Waals surface area contributed by atoms with Gasteiger partial charge in [-0.1, -0.05) is 24.3 Å². The van der Waals surface area contributed by atoms with Crippen molar-refractivity contribution in [2.45, 2.75) is 37.9 Å². The molecule has 2 rings (SSSR count). The molecule has 0 aliphatic heterocycles. The van der Waals surface area contributed by atoms with Crippen LogP contribution in [0.25, 0.3) is 0 Å². The summed E-state index contributed by atoms with van der Waals surface area (Å²) < 4.78 is 39.7. The standard InChI is InChI=1S/C21H26O6S/c1-4-25-20(14-21(22)26-5-2)17-9-11-18(12-10-17)27-15-16-7-6-8-19(13-16)28(3,23)24/h6-13,20H,4-5,14-15H2,1-3H3/t20-/m1/s1. The maximum absolute atomic E-state index is 11.8. The van der Waals surface area contributed by atoms with Crippen LogP contribution < -0.4 is 4.74 Å². The molecule has 0 bridgehead atoms. The lowest BCUT2D eigenvalue weighted by atomic mass is 10.1. The first kappa shape index (κ1) is 21.9. The van der Waals surface area contributed by atoms with Gasteiger partial charge in [-0.05, 0) is 49.2 Å². The van der Waals surface area contributed by atoms with Crippen molar-refractivity contribution < 1.29 is 27.4 Å². The molecule has 0 unspecified atom stereocenters. The summed E-state index contributed by atoms with van der Waals surface area (Å²) in [5, 5.41) is 0. The average molecular weight is 407 g/mol. The molecule has 0 radical (unpaired) electrons. The smallest absolute Gasteiger partial charge is 0.308 e. The zero-order valence-electron chi connectivity index (χ0n) is 16.4. The minimum Gasteiger partial charge on any atom is -0.489 e. The number of carbonyl (C=O) groups excluding carboxylic acids is 1. The van der Waals surface area contributed by atoms with Gasteiger partial charge in [0, 0.05) is 12.9 Å². The topological polar surface area (TPSA) is 78.9 Å². The van der Waals surface area contributed by atoms with Crippen LogP contribution in [0.1, 0.15) is 37.5 Å². The summed E-state index contributed by atoms with van der Waals surface area (Å²) in [5.41, 5.74) is 1.63. The van der Waals surface area contributed by atoms with Gasteiger partial charge in [-0.3, -0.25) is 4.79 Å². The fourth-order valence-corrected chi connectivity index (χ4v) is 3.35. The molecular weight excluding hydrogens is 380 g/mol. The SMILES string of the molecule is CCOC(=O)C[C@@H](OCC)c1ccc(OCc2cccc(S(C)(=O)=O)c2)cc1. The molecule has 1 atom stereocenters. The molecule has 0 spiro atoms. The Morgan fingerprint density at radius 1 is 1.04 bits per heavy atom. The van der Waals surface area contributed by atoms with E-state index in [0.717, 1.165) is 11.1 Å². The molecule has 0 heterocycles. The van der Waals surface area contributed by atoms with E-state index < -0.39 is 9.84 Å². The molecule has 7 heteroatoms. The van der Waals surface area contributed by atoms with Crippen molar-refractivity contribution in [3.05, 3.63) is 59.7 Å². The molecule has 2 aromatic carbocycles. The molecule has 0 N–H and O–H groups in total. The first-order valence-electron chi connectivity index (χ1n) is 9.12. The van der Waals surface area contributed by atoms with E-state index in [1.165, 1.54) is 6.26 Å². The zero-order chi connectivity index (χ0) is 20.6. The van der Waals surface area contributed by atoms with Crippen LogP contribution in [0.15, 0.2) is 53.4 Å². The Hall–Kier alpha value is -2.38. The highest BCUT2D eigenvalue weighted by Gasteiger charge is 2.17. The molecule has 0 saturated carbocycles. The van der Waals surface area contributed by atoms with Gasteiger partial charge in [0.2, 0.25) is 0 Å². The van der Waals surface area contributed by atoms with Gasteiger partial charge in [0.1, 0.15) is 12.4 Å². The number of sulfone groups is 1. The normalized spacial score (nSPS) is 12.4. The van der Waals surface area contributed by atoms with E-state index in [4.69, 9.17) is 14.2 Å². The van der Waals surface area contributed by atoms with E-state index in [9.17, 15) is 13.2 Å². The van der Waals surface area contributed by atoms with Crippen LogP contribution in [0.2, 0.25) is 0 Å². The van der Waals surface area contributed by atoms with E-state index in [-0.39, 0.29) is 30.0 Å². The van der Waals surface area contributed by atoms with Gasteiger partial charge in [-0.25, -0.2) is 8.42 Å². The van der Waals surface area contributed by atoms with Crippen molar-refractivity contribution in [3.63, 3.8) is 0 Å². The third kappa shape index (κ3) is 6.65. The van der Waals surface area contributed by atoms with Crippen molar-refractivity contribution in [1.29, 1.82) is 0 Å². The second kappa shape index (κ2) is 10.2. The average Bonchev–Trinajstić information content (AvgIpc) is 2.66. The van der Waals surface area contributed by atoms with Crippen LogP contribution >= 0.6 is 0 Å². The Morgan fingerprint density at radius 3 is 2.36 bits per heavy atom. The molecule has 28 heavy (non-hydrogen) atoms. The third-order valence-electron chi connectivity index (χ3n) is 4.01. The molecule has 0 aliphatic carbocycles. The summed E-state index contributed by atoms with van der Waals surface area (Å²) in [6.45, 7) is 4.72. The van der Waals surface area contributed by atoms with Crippen LogP contribution in [0.5, 0.6) is 5.75 Å². The van der Waals surface area contributed by atoms with E-state index in [2.05, 4.69) is 0 Å². The van der Waals surface area contributed by atoms with Crippen molar-refractivity contribution in [2.24, 2.45) is 0 Å². The first-order chi connectivity index (χ1) is 13.3. The van der Waals surface area contributed by atoms with Crippen molar-refractivity contribution in [1.82, 2.24) is 0 Å².